The van der Waals surface area contributed by atoms with Crippen molar-refractivity contribution in [1.82, 2.24) is 4.90 Å². The number of ether oxygens (including phenoxy) is 1. The predicted octanol–water partition coefficient (Wildman–Crippen LogP) is 1.17. The van der Waals surface area contributed by atoms with E-state index in [1.807, 2.05) is 29.2 Å². The minimum atomic E-state index is -1.07. The molecule has 3 rings (SSSR count). The number of aliphatic hydroxyl groups is 1. The van der Waals surface area contributed by atoms with Crippen molar-refractivity contribution in [2.24, 2.45) is 4.99 Å². The maximum atomic E-state index is 10.7. The van der Waals surface area contributed by atoms with Gasteiger partial charge in [0.2, 0.25) is 5.85 Å². The van der Waals surface area contributed by atoms with E-state index in [9.17, 15) is 5.11 Å². The number of rotatable bonds is 3. The minimum absolute atomic E-state index is 0.559. The summed E-state index contributed by atoms with van der Waals surface area (Å²) in [6.07, 6.45) is 0. The summed E-state index contributed by atoms with van der Waals surface area (Å²) in [7, 11) is 1.62. The van der Waals surface area contributed by atoms with Crippen LogP contribution in [0.15, 0.2) is 29.3 Å². The molecule has 2 aliphatic rings. The lowest BCUT2D eigenvalue weighted by atomic mass is 10.2. The molecule has 1 saturated heterocycles. The van der Waals surface area contributed by atoms with E-state index < -0.39 is 5.85 Å². The standard InChI is InChI=1S/C12H15N3O2S/c1-17-10-5-3-2-4-9(10)14-12(16)8-18-11-13-6-7-15(11)12/h2-5,14,16H,6-8H2,1H3. The van der Waals surface area contributed by atoms with Crippen molar-refractivity contribution in [3.8, 4) is 5.75 Å². The molecule has 2 N–H and O–H groups in total. The maximum absolute atomic E-state index is 10.7. The maximum Gasteiger partial charge on any atom is 0.228 e. The molecule has 0 bridgehead atoms. The largest absolute Gasteiger partial charge is 0.495 e. The first kappa shape index (κ1) is 11.7. The lowest BCUT2D eigenvalue weighted by Gasteiger charge is -2.33. The highest BCUT2D eigenvalue weighted by Crippen LogP contribution is 2.36. The normalized spacial score (nSPS) is 25.9. The number of benzene rings is 1. The summed E-state index contributed by atoms with van der Waals surface area (Å²) in [5.74, 6) is 0.207. The van der Waals surface area contributed by atoms with Gasteiger partial charge in [0.1, 0.15) is 5.75 Å². The number of para-hydroxylation sites is 2. The summed E-state index contributed by atoms with van der Waals surface area (Å²) >= 11 is 1.58. The van der Waals surface area contributed by atoms with Gasteiger partial charge in [-0.3, -0.25) is 4.99 Å². The molecule has 2 heterocycles. The van der Waals surface area contributed by atoms with Gasteiger partial charge in [0.15, 0.2) is 5.17 Å². The van der Waals surface area contributed by atoms with E-state index in [2.05, 4.69) is 10.3 Å². The van der Waals surface area contributed by atoms with E-state index in [4.69, 9.17) is 4.74 Å². The monoisotopic (exact) mass is 265 g/mol. The van der Waals surface area contributed by atoms with Crippen LogP contribution in [0, 0.1) is 0 Å². The first-order valence-electron chi connectivity index (χ1n) is 5.81. The van der Waals surface area contributed by atoms with Gasteiger partial charge in [-0.1, -0.05) is 23.9 Å². The lowest BCUT2D eigenvalue weighted by molar-refractivity contribution is -0.00958. The Kier molecular flexibility index (Phi) is 2.83. The van der Waals surface area contributed by atoms with E-state index in [1.54, 1.807) is 18.9 Å². The Hall–Kier alpha value is -1.40. The van der Waals surface area contributed by atoms with E-state index in [-0.39, 0.29) is 0 Å². The highest BCUT2D eigenvalue weighted by molar-refractivity contribution is 8.14. The molecule has 0 aliphatic carbocycles. The molecule has 1 atom stereocenters. The number of thioether (sulfide) groups is 1. The molecule has 96 valence electrons. The van der Waals surface area contributed by atoms with Gasteiger partial charge < -0.3 is 20.1 Å². The summed E-state index contributed by atoms with van der Waals surface area (Å²) in [5.41, 5.74) is 0.788. The van der Waals surface area contributed by atoms with Crippen molar-refractivity contribution in [3.63, 3.8) is 0 Å². The topological polar surface area (TPSA) is 57.1 Å². The number of hydrogen-bond donors (Lipinski definition) is 2. The second-order valence-electron chi connectivity index (χ2n) is 4.25. The third kappa shape index (κ3) is 1.81. The molecule has 0 radical (unpaired) electrons. The second-order valence-corrected chi connectivity index (χ2v) is 5.19. The second kappa shape index (κ2) is 4.37. The summed E-state index contributed by atoms with van der Waals surface area (Å²) in [6.45, 7) is 1.50. The minimum Gasteiger partial charge on any atom is -0.495 e. The zero-order chi connectivity index (χ0) is 12.6. The van der Waals surface area contributed by atoms with Gasteiger partial charge in [-0.25, -0.2) is 0 Å². The van der Waals surface area contributed by atoms with Crippen LogP contribution in [0.5, 0.6) is 5.75 Å². The van der Waals surface area contributed by atoms with Crippen LogP contribution in [0.25, 0.3) is 0 Å². The fourth-order valence-corrected chi connectivity index (χ4v) is 3.34. The van der Waals surface area contributed by atoms with Gasteiger partial charge in [0.25, 0.3) is 0 Å². The van der Waals surface area contributed by atoms with Crippen LogP contribution < -0.4 is 10.1 Å². The number of aliphatic imine (C=N–C) groups is 1. The van der Waals surface area contributed by atoms with Crippen LogP contribution in [0.1, 0.15) is 0 Å². The van der Waals surface area contributed by atoms with Gasteiger partial charge in [-0.15, -0.1) is 0 Å². The van der Waals surface area contributed by atoms with Gasteiger partial charge in [0.05, 0.1) is 25.1 Å². The molecule has 1 aromatic rings. The molecule has 0 aromatic heterocycles. The van der Waals surface area contributed by atoms with E-state index in [0.29, 0.717) is 5.75 Å². The molecule has 2 aliphatic heterocycles. The number of nitrogens with one attached hydrogen (secondary N) is 1. The molecule has 1 unspecified atom stereocenters. The quantitative estimate of drug-likeness (QED) is 0.804. The van der Waals surface area contributed by atoms with Crippen molar-refractivity contribution in [1.29, 1.82) is 0 Å². The average molecular weight is 265 g/mol. The van der Waals surface area contributed by atoms with Gasteiger partial charge >= 0.3 is 0 Å². The molecule has 1 aromatic carbocycles. The molecule has 6 heteroatoms. The van der Waals surface area contributed by atoms with Gasteiger partial charge in [-0.05, 0) is 12.1 Å². The van der Waals surface area contributed by atoms with E-state index in [1.165, 1.54) is 0 Å². The van der Waals surface area contributed by atoms with E-state index >= 15 is 0 Å². The Bertz CT molecular complexity index is 494. The molecule has 0 saturated carbocycles. The highest BCUT2D eigenvalue weighted by Gasteiger charge is 2.45. The molecule has 5 nitrogen and oxygen atoms in total. The number of fused-ring (bicyclic) bond motifs is 1. The third-order valence-corrected chi connectivity index (χ3v) is 4.25. The number of anilines is 1. The highest BCUT2D eigenvalue weighted by atomic mass is 32.2. The molecular formula is C12H15N3O2S. The van der Waals surface area contributed by atoms with Crippen molar-refractivity contribution in [2.45, 2.75) is 5.85 Å². The van der Waals surface area contributed by atoms with Crippen LogP contribution in [-0.4, -0.2) is 47.0 Å². The van der Waals surface area contributed by atoms with Gasteiger partial charge in [-0.2, -0.15) is 0 Å². The van der Waals surface area contributed by atoms with Crippen molar-refractivity contribution in [2.75, 3.05) is 31.3 Å². The van der Waals surface area contributed by atoms with Gasteiger partial charge in [0, 0.05) is 6.54 Å². The molecule has 0 amide bonds. The predicted molar refractivity (Wildman–Crippen MR) is 73.0 cm³/mol. The Morgan fingerprint density at radius 2 is 2.33 bits per heavy atom. The third-order valence-electron chi connectivity index (χ3n) is 3.09. The first-order chi connectivity index (χ1) is 8.73. The lowest BCUT2D eigenvalue weighted by Crippen LogP contribution is -2.52. The zero-order valence-electron chi connectivity index (χ0n) is 10.1. The van der Waals surface area contributed by atoms with Crippen LogP contribution in [0.3, 0.4) is 0 Å². The summed E-state index contributed by atoms with van der Waals surface area (Å²) in [5, 5.41) is 14.8. The summed E-state index contributed by atoms with van der Waals surface area (Å²) < 4.78 is 5.28. The summed E-state index contributed by atoms with van der Waals surface area (Å²) in [6, 6.07) is 7.58. The van der Waals surface area contributed by atoms with E-state index in [0.717, 1.165) is 29.7 Å². The number of methoxy groups -OCH3 is 1. The number of amidine groups is 1. The zero-order valence-corrected chi connectivity index (χ0v) is 10.9. The van der Waals surface area contributed by atoms with Crippen LogP contribution >= 0.6 is 11.8 Å². The van der Waals surface area contributed by atoms with Crippen LogP contribution in [0.4, 0.5) is 5.69 Å². The van der Waals surface area contributed by atoms with Crippen LogP contribution in [-0.2, 0) is 0 Å². The Labute approximate surface area is 110 Å². The number of hydrogen-bond acceptors (Lipinski definition) is 6. The molecule has 18 heavy (non-hydrogen) atoms. The molecule has 0 spiro atoms. The first-order valence-corrected chi connectivity index (χ1v) is 6.80. The van der Waals surface area contributed by atoms with Crippen molar-refractivity contribution >= 4 is 22.6 Å². The van der Waals surface area contributed by atoms with Crippen molar-refractivity contribution < 1.29 is 9.84 Å². The SMILES string of the molecule is COc1ccccc1NC1(O)CSC2=NCCN21. The Morgan fingerprint density at radius 3 is 3.17 bits per heavy atom. The molecule has 1 fully saturated rings. The average Bonchev–Trinajstić information content (AvgIpc) is 2.95. The Balaban J connectivity index is 1.86. The smallest absolute Gasteiger partial charge is 0.228 e. The number of nitrogens with zero attached hydrogens (tertiary/aromatic N) is 2. The molecular weight excluding hydrogens is 250 g/mol. The Morgan fingerprint density at radius 1 is 1.50 bits per heavy atom. The van der Waals surface area contributed by atoms with Crippen molar-refractivity contribution in [3.05, 3.63) is 24.3 Å². The fraction of sp³-hybridized carbons (Fsp3) is 0.417. The fourth-order valence-electron chi connectivity index (χ4n) is 2.20. The van der Waals surface area contributed by atoms with Crippen LogP contribution in [0.2, 0.25) is 0 Å². The summed E-state index contributed by atoms with van der Waals surface area (Å²) in [4.78, 5) is 6.26.